The van der Waals surface area contributed by atoms with Gasteiger partial charge in [0.15, 0.2) is 0 Å². The summed E-state index contributed by atoms with van der Waals surface area (Å²) in [5.41, 5.74) is 3.50. The Balaban J connectivity index is 1.96. The Morgan fingerprint density at radius 3 is 2.71 bits per heavy atom. The monoisotopic (exact) mass is 229 g/mol. The van der Waals surface area contributed by atoms with Gasteiger partial charge < -0.3 is 5.32 Å². The fourth-order valence-corrected chi connectivity index (χ4v) is 3.40. The molecular formula is C15H19NO. The molecule has 1 aromatic rings. The Morgan fingerprint density at radius 2 is 1.94 bits per heavy atom. The largest absolute Gasteiger partial charge is 0.325 e. The van der Waals surface area contributed by atoms with Gasteiger partial charge in [-0.25, -0.2) is 0 Å². The van der Waals surface area contributed by atoms with Crippen LogP contribution in [0.4, 0.5) is 5.69 Å². The van der Waals surface area contributed by atoms with Gasteiger partial charge in [-0.2, -0.15) is 0 Å². The summed E-state index contributed by atoms with van der Waals surface area (Å²) in [4.78, 5) is 12.2. The summed E-state index contributed by atoms with van der Waals surface area (Å²) in [5, 5.41) is 3.07. The quantitative estimate of drug-likeness (QED) is 0.783. The van der Waals surface area contributed by atoms with Gasteiger partial charge in [0.25, 0.3) is 0 Å². The third-order valence-corrected chi connectivity index (χ3v) is 4.29. The second-order valence-electron chi connectivity index (χ2n) is 5.40. The first-order valence-corrected chi connectivity index (χ1v) is 6.68. The Morgan fingerprint density at radius 1 is 1.18 bits per heavy atom. The first kappa shape index (κ1) is 10.8. The first-order chi connectivity index (χ1) is 8.27. The maximum Gasteiger partial charge on any atom is 0.232 e. The minimum atomic E-state index is 0.116. The Kier molecular flexibility index (Phi) is 2.65. The van der Waals surface area contributed by atoms with E-state index in [0.717, 1.165) is 5.69 Å². The van der Waals surface area contributed by atoms with E-state index < -0.39 is 0 Å². The number of carbonyl (C=O) groups is 1. The molecule has 1 aliphatic heterocycles. The zero-order chi connectivity index (χ0) is 11.8. The number of carbonyl (C=O) groups excluding carboxylic acids is 1. The highest BCUT2D eigenvalue weighted by Gasteiger charge is 2.37. The Labute approximate surface area is 102 Å². The molecule has 90 valence electrons. The van der Waals surface area contributed by atoms with Crippen molar-refractivity contribution in [2.75, 3.05) is 5.32 Å². The van der Waals surface area contributed by atoms with Crippen LogP contribution in [0.25, 0.3) is 0 Å². The summed E-state index contributed by atoms with van der Waals surface area (Å²) in [6, 6.07) is 6.27. The highest BCUT2D eigenvalue weighted by Crippen LogP contribution is 2.43. The molecule has 1 heterocycles. The van der Waals surface area contributed by atoms with E-state index in [1.54, 1.807) is 0 Å². The summed E-state index contributed by atoms with van der Waals surface area (Å²) in [6.07, 6.45) is 6.34. The van der Waals surface area contributed by atoms with E-state index in [4.69, 9.17) is 0 Å². The van der Waals surface area contributed by atoms with Crippen molar-refractivity contribution in [2.24, 2.45) is 5.92 Å². The van der Waals surface area contributed by atoms with Crippen LogP contribution in [0.1, 0.15) is 49.1 Å². The van der Waals surface area contributed by atoms with Gasteiger partial charge in [0.1, 0.15) is 0 Å². The zero-order valence-electron chi connectivity index (χ0n) is 10.3. The molecule has 1 saturated carbocycles. The number of hydrogen-bond acceptors (Lipinski definition) is 1. The molecule has 2 nitrogen and oxygen atoms in total. The lowest BCUT2D eigenvalue weighted by atomic mass is 9.77. The molecule has 0 saturated heterocycles. The molecule has 0 bridgehead atoms. The lowest BCUT2D eigenvalue weighted by Gasteiger charge is -2.26. The fraction of sp³-hybridized carbons (Fsp3) is 0.533. The first-order valence-electron chi connectivity index (χ1n) is 6.68. The second-order valence-corrected chi connectivity index (χ2v) is 5.40. The van der Waals surface area contributed by atoms with Gasteiger partial charge in [-0.05, 0) is 36.8 Å². The average Bonchev–Trinajstić information content (AvgIpc) is 2.68. The minimum absolute atomic E-state index is 0.116. The Hall–Kier alpha value is -1.31. The smallest absolute Gasteiger partial charge is 0.232 e. The maximum absolute atomic E-state index is 12.2. The van der Waals surface area contributed by atoms with Crippen molar-refractivity contribution in [1.82, 2.24) is 0 Å². The van der Waals surface area contributed by atoms with Crippen LogP contribution in [0.2, 0.25) is 0 Å². The van der Waals surface area contributed by atoms with E-state index in [-0.39, 0.29) is 11.8 Å². The van der Waals surface area contributed by atoms with Crippen molar-refractivity contribution in [2.45, 2.75) is 44.9 Å². The zero-order valence-corrected chi connectivity index (χ0v) is 10.3. The molecule has 0 aromatic heterocycles. The van der Waals surface area contributed by atoms with E-state index in [1.165, 1.54) is 43.2 Å². The van der Waals surface area contributed by atoms with Crippen molar-refractivity contribution in [3.05, 3.63) is 29.3 Å². The van der Waals surface area contributed by atoms with Crippen molar-refractivity contribution in [3.8, 4) is 0 Å². The van der Waals surface area contributed by atoms with E-state index in [2.05, 4.69) is 30.4 Å². The van der Waals surface area contributed by atoms with Crippen LogP contribution in [0.15, 0.2) is 18.2 Å². The van der Waals surface area contributed by atoms with Crippen LogP contribution in [0.5, 0.6) is 0 Å². The number of nitrogens with one attached hydrogen (secondary N) is 1. The molecule has 0 radical (unpaired) electrons. The van der Waals surface area contributed by atoms with Crippen LogP contribution in [-0.2, 0) is 4.79 Å². The molecule has 0 spiro atoms. The normalized spacial score (nSPS) is 24.5. The molecule has 1 fully saturated rings. The summed E-state index contributed by atoms with van der Waals surface area (Å²) < 4.78 is 0. The molecule has 1 atom stereocenters. The number of benzene rings is 1. The van der Waals surface area contributed by atoms with Crippen LogP contribution in [0, 0.1) is 12.8 Å². The van der Waals surface area contributed by atoms with Gasteiger partial charge in [-0.3, -0.25) is 4.79 Å². The Bertz CT molecular complexity index is 446. The fourth-order valence-electron chi connectivity index (χ4n) is 3.40. The van der Waals surface area contributed by atoms with Gasteiger partial charge in [0.2, 0.25) is 5.91 Å². The number of fused-ring (bicyclic) bond motifs is 1. The van der Waals surface area contributed by atoms with Crippen molar-refractivity contribution >= 4 is 11.6 Å². The second kappa shape index (κ2) is 4.17. The SMILES string of the molecule is Cc1cccc2c1NC(=O)C2C1CCCCC1. The third-order valence-electron chi connectivity index (χ3n) is 4.29. The average molecular weight is 229 g/mol. The van der Waals surface area contributed by atoms with Crippen LogP contribution in [0.3, 0.4) is 0 Å². The molecule has 1 amide bonds. The molecule has 17 heavy (non-hydrogen) atoms. The van der Waals surface area contributed by atoms with E-state index in [9.17, 15) is 4.79 Å². The summed E-state index contributed by atoms with van der Waals surface area (Å²) in [6.45, 7) is 2.07. The predicted octanol–water partition coefficient (Wildman–Crippen LogP) is 3.61. The molecule has 2 heteroatoms. The van der Waals surface area contributed by atoms with Gasteiger partial charge >= 0.3 is 0 Å². The summed E-state index contributed by atoms with van der Waals surface area (Å²) in [5.74, 6) is 0.901. The van der Waals surface area contributed by atoms with E-state index in [0.29, 0.717) is 5.92 Å². The molecular weight excluding hydrogens is 210 g/mol. The lowest BCUT2D eigenvalue weighted by molar-refractivity contribution is -0.118. The number of anilines is 1. The molecule has 1 aromatic carbocycles. The topological polar surface area (TPSA) is 29.1 Å². The number of aryl methyl sites for hydroxylation is 1. The van der Waals surface area contributed by atoms with Gasteiger partial charge in [0.05, 0.1) is 5.92 Å². The van der Waals surface area contributed by atoms with Gasteiger partial charge in [-0.15, -0.1) is 0 Å². The lowest BCUT2D eigenvalue weighted by Crippen LogP contribution is -2.22. The molecule has 3 rings (SSSR count). The standard InChI is InChI=1S/C15H19NO/c1-10-6-5-9-12-13(15(17)16-14(10)12)11-7-3-2-4-8-11/h5-6,9,11,13H,2-4,7-8H2,1H3,(H,16,17). The van der Waals surface area contributed by atoms with Crippen molar-refractivity contribution in [1.29, 1.82) is 0 Å². The van der Waals surface area contributed by atoms with E-state index >= 15 is 0 Å². The molecule has 1 unspecified atom stereocenters. The number of para-hydroxylation sites is 1. The van der Waals surface area contributed by atoms with Gasteiger partial charge in [0, 0.05) is 5.69 Å². The molecule has 1 aliphatic carbocycles. The van der Waals surface area contributed by atoms with Crippen molar-refractivity contribution in [3.63, 3.8) is 0 Å². The summed E-state index contributed by atoms with van der Waals surface area (Å²) >= 11 is 0. The number of amides is 1. The van der Waals surface area contributed by atoms with E-state index in [1.807, 2.05) is 0 Å². The van der Waals surface area contributed by atoms with Crippen LogP contribution >= 0.6 is 0 Å². The highest BCUT2D eigenvalue weighted by molar-refractivity contribution is 6.03. The predicted molar refractivity (Wildman–Crippen MR) is 69.1 cm³/mol. The maximum atomic E-state index is 12.2. The van der Waals surface area contributed by atoms with Gasteiger partial charge in [-0.1, -0.05) is 37.5 Å². The highest BCUT2D eigenvalue weighted by atomic mass is 16.2. The number of rotatable bonds is 1. The minimum Gasteiger partial charge on any atom is -0.325 e. The number of hydrogen-bond donors (Lipinski definition) is 1. The molecule has 2 aliphatic rings. The summed E-state index contributed by atoms with van der Waals surface area (Å²) in [7, 11) is 0. The van der Waals surface area contributed by atoms with Crippen LogP contribution in [-0.4, -0.2) is 5.91 Å². The molecule has 1 N–H and O–H groups in total. The third kappa shape index (κ3) is 1.76. The van der Waals surface area contributed by atoms with Crippen LogP contribution < -0.4 is 5.32 Å². The van der Waals surface area contributed by atoms with Crippen molar-refractivity contribution < 1.29 is 4.79 Å².